The first-order valence-electron chi connectivity index (χ1n) is 6.03. The first-order chi connectivity index (χ1) is 12.0. The fourth-order valence-corrected chi connectivity index (χ4v) is 1.33. The van der Waals surface area contributed by atoms with Gasteiger partial charge in [-0.2, -0.15) is 0 Å². The Morgan fingerprint density at radius 2 is 1.11 bits per heavy atom. The van der Waals surface area contributed by atoms with E-state index >= 15 is 0 Å². The van der Waals surface area contributed by atoms with Gasteiger partial charge in [0.25, 0.3) is 0 Å². The number of benzene rings is 1. The predicted octanol–water partition coefficient (Wildman–Crippen LogP) is -1.97. The molecule has 15 heteroatoms. The summed E-state index contributed by atoms with van der Waals surface area (Å²) in [5.74, 6) is -14.5. The number of aromatic carboxylic acids is 2. The summed E-state index contributed by atoms with van der Waals surface area (Å²) in [6, 6.07) is 5.86. The molecule has 0 unspecified atom stereocenters. The molecule has 0 atom stereocenters. The Bertz CT molecular complexity index is 739. The third-order valence-electron chi connectivity index (χ3n) is 2.28. The smallest absolute Gasteiger partial charge is 0.545 e. The molecule has 2 rings (SSSR count). The molecule has 0 aliphatic carbocycles. The summed E-state index contributed by atoms with van der Waals surface area (Å²) in [4.78, 5) is 31.5. The average molecular weight is 484 g/mol. The maximum atomic E-state index is 13.0. The van der Waals surface area contributed by atoms with E-state index < -0.39 is 51.4 Å². The van der Waals surface area contributed by atoms with Crippen LogP contribution in [-0.4, -0.2) is 68.0 Å². The van der Waals surface area contributed by atoms with Crippen molar-refractivity contribution in [1.29, 1.82) is 0 Å². The number of hydrogen-bond donors (Lipinski definition) is 0. The Balaban J connectivity index is -0.000000433. The number of carboxylic acids is 2. The van der Waals surface area contributed by atoms with Gasteiger partial charge in [-0.1, -0.05) is 6.07 Å². The SMILES string of the molecule is O.O=C([O-])c1c(F)c(F)c(F)c(C(=O)[O-])c1F.O=[N+]([O-])[O-].[Sr+2].c1cc[nH+]cc1. The van der Waals surface area contributed by atoms with Crippen LogP contribution in [0.5, 0.6) is 0 Å². The molecular formula is C13H8F4N2O8Sr. The van der Waals surface area contributed by atoms with Gasteiger partial charge < -0.3 is 40.6 Å². The van der Waals surface area contributed by atoms with Crippen molar-refractivity contribution in [2.75, 3.05) is 0 Å². The Hall–Kier alpha value is -2.33. The number of halogens is 4. The molecular weight excluding hydrogens is 476 g/mol. The number of pyridine rings is 1. The molecule has 0 fully saturated rings. The summed E-state index contributed by atoms with van der Waals surface area (Å²) in [6.07, 6.45) is 3.75. The molecule has 3 N–H and O–H groups in total. The zero-order valence-electron chi connectivity index (χ0n) is 13.4. The summed E-state index contributed by atoms with van der Waals surface area (Å²) < 4.78 is 51.1. The van der Waals surface area contributed by atoms with E-state index in [1.807, 2.05) is 30.6 Å². The van der Waals surface area contributed by atoms with E-state index in [4.69, 9.17) is 15.3 Å². The van der Waals surface area contributed by atoms with Crippen molar-refractivity contribution < 1.29 is 52.9 Å². The van der Waals surface area contributed by atoms with Gasteiger partial charge in [0.1, 0.15) is 5.82 Å². The number of aromatic amines is 1. The number of H-pyrrole nitrogens is 1. The molecule has 0 saturated heterocycles. The summed E-state index contributed by atoms with van der Waals surface area (Å²) in [6.45, 7) is 0. The molecule has 2 aromatic rings. The minimum absolute atomic E-state index is 0. The third kappa shape index (κ3) is 9.56. The molecule has 0 saturated carbocycles. The molecule has 0 aliphatic rings. The van der Waals surface area contributed by atoms with E-state index in [9.17, 15) is 37.4 Å². The van der Waals surface area contributed by atoms with Crippen LogP contribution in [0.15, 0.2) is 30.6 Å². The van der Waals surface area contributed by atoms with E-state index in [-0.39, 0.29) is 51.0 Å². The predicted molar refractivity (Wildman–Crippen MR) is 77.7 cm³/mol. The van der Waals surface area contributed by atoms with Gasteiger partial charge in [-0.3, -0.25) is 0 Å². The normalized spacial score (nSPS) is 8.43. The molecule has 0 bridgehead atoms. The number of aromatic nitrogens is 1. The van der Waals surface area contributed by atoms with Gasteiger partial charge in [-0.25, -0.2) is 22.5 Å². The Kier molecular flexibility index (Phi) is 16.0. The minimum Gasteiger partial charge on any atom is -0.545 e. The van der Waals surface area contributed by atoms with Gasteiger partial charge in [-0.15, -0.1) is 0 Å². The molecule has 0 radical (unpaired) electrons. The second-order valence-electron chi connectivity index (χ2n) is 3.88. The van der Waals surface area contributed by atoms with Crippen LogP contribution in [0.25, 0.3) is 0 Å². The van der Waals surface area contributed by atoms with Gasteiger partial charge in [-0.05, 0) is 0 Å². The molecule has 1 aromatic heterocycles. The van der Waals surface area contributed by atoms with Crippen LogP contribution in [0.4, 0.5) is 17.6 Å². The monoisotopic (exact) mass is 484 g/mol. The molecule has 0 aliphatic heterocycles. The average Bonchev–Trinajstić information content (AvgIpc) is 2.54. The van der Waals surface area contributed by atoms with Crippen LogP contribution in [-0.2, 0) is 0 Å². The first-order valence-corrected chi connectivity index (χ1v) is 6.03. The Labute approximate surface area is 189 Å². The number of carbonyl (C=O) groups is 2. The van der Waals surface area contributed by atoms with Gasteiger partial charge in [0.15, 0.2) is 29.8 Å². The van der Waals surface area contributed by atoms with E-state index in [2.05, 4.69) is 4.98 Å². The summed E-state index contributed by atoms with van der Waals surface area (Å²) in [5.41, 5.74) is -4.00. The van der Waals surface area contributed by atoms with Crippen molar-refractivity contribution in [3.05, 3.63) is 80.3 Å². The number of carbonyl (C=O) groups excluding carboxylic acids is 2. The summed E-state index contributed by atoms with van der Waals surface area (Å²) in [5, 5.41) is 35.1. The molecule has 1 heterocycles. The van der Waals surface area contributed by atoms with Crippen LogP contribution in [0.2, 0.25) is 0 Å². The van der Waals surface area contributed by atoms with Gasteiger partial charge in [0.2, 0.25) is 0 Å². The van der Waals surface area contributed by atoms with Crippen molar-refractivity contribution in [1.82, 2.24) is 0 Å². The second-order valence-corrected chi connectivity index (χ2v) is 3.88. The fraction of sp³-hybridized carbons (Fsp3) is 0. The zero-order valence-corrected chi connectivity index (χ0v) is 16.9. The zero-order chi connectivity index (χ0) is 20.4. The van der Waals surface area contributed by atoms with Crippen LogP contribution in [0, 0.1) is 38.6 Å². The topological polar surface area (TPSA) is 192 Å². The van der Waals surface area contributed by atoms with Crippen molar-refractivity contribution >= 4 is 57.4 Å². The molecule has 10 nitrogen and oxygen atoms in total. The van der Waals surface area contributed by atoms with E-state index in [1.54, 1.807) is 0 Å². The quantitative estimate of drug-likeness (QED) is 0.118. The van der Waals surface area contributed by atoms with E-state index in [1.165, 1.54) is 0 Å². The van der Waals surface area contributed by atoms with Gasteiger partial charge >= 0.3 is 45.5 Å². The number of nitrogens with one attached hydrogen (secondary N) is 1. The van der Waals surface area contributed by atoms with Crippen LogP contribution >= 0.6 is 0 Å². The maximum absolute atomic E-state index is 13.0. The van der Waals surface area contributed by atoms with Crippen LogP contribution in [0.3, 0.4) is 0 Å². The van der Waals surface area contributed by atoms with E-state index in [0.717, 1.165) is 0 Å². The molecule has 148 valence electrons. The van der Waals surface area contributed by atoms with Gasteiger partial charge in [0.05, 0.1) is 28.2 Å². The van der Waals surface area contributed by atoms with Crippen LogP contribution in [0.1, 0.15) is 20.7 Å². The largest absolute Gasteiger partial charge is 2.00 e. The van der Waals surface area contributed by atoms with Crippen molar-refractivity contribution in [2.45, 2.75) is 0 Å². The van der Waals surface area contributed by atoms with Crippen molar-refractivity contribution in [3.8, 4) is 0 Å². The maximum Gasteiger partial charge on any atom is 2.00 e. The first kappa shape index (κ1) is 30.4. The molecule has 28 heavy (non-hydrogen) atoms. The van der Waals surface area contributed by atoms with Crippen molar-refractivity contribution in [2.24, 2.45) is 0 Å². The molecule has 1 aromatic carbocycles. The molecule has 0 spiro atoms. The third-order valence-corrected chi connectivity index (χ3v) is 2.28. The standard InChI is InChI=1S/C8H2F4O4.C5H5N.NO3.H2O.Sr/c9-3-1(7(13)14)4(10)6(12)5(11)2(3)8(15)16;1-2-4-6-5-3-1;2-1(3)4;;/h(H,13,14)(H,15,16);1-5H;;1H2;/q;;-1;;+2/p-1. The Morgan fingerprint density at radius 3 is 1.29 bits per heavy atom. The van der Waals surface area contributed by atoms with Crippen LogP contribution < -0.4 is 15.2 Å². The summed E-state index contributed by atoms with van der Waals surface area (Å²) in [7, 11) is 0. The second kappa shape index (κ2) is 14.7. The van der Waals surface area contributed by atoms with E-state index in [0.29, 0.717) is 0 Å². The number of rotatable bonds is 2. The number of carboxylic acid groups (broad SMARTS) is 2. The van der Waals surface area contributed by atoms with Crippen molar-refractivity contribution in [3.63, 3.8) is 0 Å². The fourth-order valence-electron chi connectivity index (χ4n) is 1.33. The number of hydrogen-bond acceptors (Lipinski definition) is 7. The van der Waals surface area contributed by atoms with Gasteiger partial charge in [0, 0.05) is 12.1 Å². The summed E-state index contributed by atoms with van der Waals surface area (Å²) >= 11 is 0. The Morgan fingerprint density at radius 1 is 0.786 bits per heavy atom. The molecule has 0 amide bonds. The number of nitrogens with zero attached hydrogens (tertiary/aromatic N) is 1. The minimum atomic E-state index is -2.52.